The van der Waals surface area contributed by atoms with Crippen molar-refractivity contribution in [2.75, 3.05) is 0 Å². The summed E-state index contributed by atoms with van der Waals surface area (Å²) in [7, 11) is 0. The van der Waals surface area contributed by atoms with Gasteiger partial charge in [-0.15, -0.1) is 11.3 Å². The Morgan fingerprint density at radius 2 is 2.30 bits per heavy atom. The van der Waals surface area contributed by atoms with E-state index in [0.29, 0.717) is 15.6 Å². The fourth-order valence-electron chi connectivity index (χ4n) is 1.91. The monoisotopic (exact) mass is 304 g/mol. The van der Waals surface area contributed by atoms with Gasteiger partial charge in [-0.25, -0.2) is 4.98 Å². The van der Waals surface area contributed by atoms with Gasteiger partial charge in [0.1, 0.15) is 5.76 Å². The summed E-state index contributed by atoms with van der Waals surface area (Å²) in [6.07, 6.45) is 4.36. The lowest BCUT2D eigenvalue weighted by Gasteiger charge is -1.98. The standard InChI is InChI=1S/C14H9ClN2O2S/c15-8-1-2-11-9(5-8)10(7-17-11)12(18)6-13(19)14-16-3-4-20-14/h1-7,17-18H/b12-6+. The second-order valence-corrected chi connectivity index (χ2v) is 5.45. The number of allylic oxidation sites excluding steroid dienone is 1. The maximum atomic E-state index is 11.9. The Bertz CT molecular complexity index is 806. The number of H-pyrrole nitrogens is 1. The average Bonchev–Trinajstić information content (AvgIpc) is 3.07. The number of aliphatic hydroxyl groups excluding tert-OH is 1. The van der Waals surface area contributed by atoms with Crippen LogP contribution in [0.4, 0.5) is 0 Å². The van der Waals surface area contributed by atoms with Crippen LogP contribution in [0, 0.1) is 0 Å². The molecule has 2 heterocycles. The molecule has 0 atom stereocenters. The summed E-state index contributed by atoms with van der Waals surface area (Å²) in [6, 6.07) is 5.31. The Labute approximate surface area is 123 Å². The highest BCUT2D eigenvalue weighted by Gasteiger charge is 2.12. The van der Waals surface area contributed by atoms with Crippen LogP contribution in [0.1, 0.15) is 15.4 Å². The number of hydrogen-bond donors (Lipinski definition) is 2. The van der Waals surface area contributed by atoms with Crippen LogP contribution >= 0.6 is 22.9 Å². The third-order valence-corrected chi connectivity index (χ3v) is 3.85. The van der Waals surface area contributed by atoms with Gasteiger partial charge in [0.15, 0.2) is 5.01 Å². The number of carbonyl (C=O) groups excluding carboxylic acids is 1. The zero-order valence-corrected chi connectivity index (χ0v) is 11.7. The van der Waals surface area contributed by atoms with Gasteiger partial charge in [0.25, 0.3) is 0 Å². The zero-order chi connectivity index (χ0) is 14.1. The van der Waals surface area contributed by atoms with Crippen molar-refractivity contribution in [2.24, 2.45) is 0 Å². The van der Waals surface area contributed by atoms with Crippen molar-refractivity contribution in [1.29, 1.82) is 0 Å². The largest absolute Gasteiger partial charge is 0.507 e. The molecular weight excluding hydrogens is 296 g/mol. The molecule has 2 aromatic heterocycles. The summed E-state index contributed by atoms with van der Waals surface area (Å²) >= 11 is 7.18. The maximum Gasteiger partial charge on any atom is 0.218 e. The summed E-state index contributed by atoms with van der Waals surface area (Å²) in [5, 5.41) is 13.5. The van der Waals surface area contributed by atoms with E-state index in [9.17, 15) is 9.90 Å². The van der Waals surface area contributed by atoms with E-state index < -0.39 is 0 Å². The van der Waals surface area contributed by atoms with Crippen LogP contribution in [0.2, 0.25) is 5.02 Å². The number of rotatable bonds is 3. The second kappa shape index (κ2) is 5.11. The van der Waals surface area contributed by atoms with E-state index in [1.54, 1.807) is 29.9 Å². The molecule has 3 aromatic rings. The van der Waals surface area contributed by atoms with Crippen molar-refractivity contribution >= 4 is 45.4 Å². The minimum Gasteiger partial charge on any atom is -0.507 e. The molecule has 0 saturated carbocycles. The molecule has 0 aliphatic carbocycles. The lowest BCUT2D eigenvalue weighted by molar-refractivity contribution is 0.104. The van der Waals surface area contributed by atoms with E-state index in [-0.39, 0.29) is 11.5 Å². The van der Waals surface area contributed by atoms with Gasteiger partial charge in [0.2, 0.25) is 5.78 Å². The van der Waals surface area contributed by atoms with E-state index in [2.05, 4.69) is 9.97 Å². The first-order valence-corrected chi connectivity index (χ1v) is 7.02. The quantitative estimate of drug-likeness (QED) is 0.435. The van der Waals surface area contributed by atoms with Crippen molar-refractivity contribution < 1.29 is 9.90 Å². The van der Waals surface area contributed by atoms with Gasteiger partial charge in [-0.05, 0) is 18.2 Å². The molecule has 0 radical (unpaired) electrons. The highest BCUT2D eigenvalue weighted by atomic mass is 35.5. The number of hydrogen-bond acceptors (Lipinski definition) is 4. The Balaban J connectivity index is 2.02. The molecule has 100 valence electrons. The zero-order valence-electron chi connectivity index (χ0n) is 10.1. The van der Waals surface area contributed by atoms with Gasteiger partial charge in [0.05, 0.1) is 0 Å². The normalized spacial score (nSPS) is 11.9. The summed E-state index contributed by atoms with van der Waals surface area (Å²) in [4.78, 5) is 18.8. The van der Waals surface area contributed by atoms with E-state index in [1.165, 1.54) is 17.4 Å². The van der Waals surface area contributed by atoms with Crippen LogP contribution in [0.15, 0.2) is 42.0 Å². The number of nitrogens with zero attached hydrogens (tertiary/aromatic N) is 1. The molecule has 0 amide bonds. The molecule has 2 N–H and O–H groups in total. The van der Waals surface area contributed by atoms with E-state index >= 15 is 0 Å². The number of fused-ring (bicyclic) bond motifs is 1. The third-order valence-electron chi connectivity index (χ3n) is 2.83. The number of ketones is 1. The van der Waals surface area contributed by atoms with Gasteiger partial charge in [-0.3, -0.25) is 4.79 Å². The van der Waals surface area contributed by atoms with Crippen LogP contribution in [0.25, 0.3) is 16.7 Å². The van der Waals surface area contributed by atoms with Crippen LogP contribution < -0.4 is 0 Å². The van der Waals surface area contributed by atoms with Crippen LogP contribution in [-0.4, -0.2) is 20.9 Å². The first-order chi connectivity index (χ1) is 9.65. The van der Waals surface area contributed by atoms with Gasteiger partial charge in [-0.1, -0.05) is 11.6 Å². The molecule has 0 saturated heterocycles. The summed E-state index contributed by atoms with van der Waals surface area (Å²) in [6.45, 7) is 0. The van der Waals surface area contributed by atoms with Crippen molar-refractivity contribution in [3.8, 4) is 0 Å². The number of halogens is 1. The van der Waals surface area contributed by atoms with Crippen molar-refractivity contribution in [3.05, 3.63) is 57.6 Å². The molecule has 0 aliphatic heterocycles. The molecule has 0 fully saturated rings. The number of benzene rings is 1. The molecule has 0 unspecified atom stereocenters. The SMILES string of the molecule is O=C(/C=C(/O)c1c[nH]c2ccc(Cl)cc12)c1nccs1. The van der Waals surface area contributed by atoms with Crippen molar-refractivity contribution in [3.63, 3.8) is 0 Å². The molecule has 0 spiro atoms. The Kier molecular flexibility index (Phi) is 3.30. The molecule has 1 aromatic carbocycles. The summed E-state index contributed by atoms with van der Waals surface area (Å²) < 4.78 is 0. The Morgan fingerprint density at radius 1 is 1.45 bits per heavy atom. The maximum absolute atomic E-state index is 11.9. The van der Waals surface area contributed by atoms with Crippen LogP contribution in [0.5, 0.6) is 0 Å². The molecule has 4 nitrogen and oxygen atoms in total. The molecule has 6 heteroatoms. The summed E-state index contributed by atoms with van der Waals surface area (Å²) in [5.74, 6) is -0.437. The van der Waals surface area contributed by atoms with Gasteiger partial charge in [-0.2, -0.15) is 0 Å². The number of thiazole rings is 1. The minimum absolute atomic E-state index is 0.112. The number of aromatic nitrogens is 2. The Hall–Kier alpha value is -2.11. The number of aliphatic hydroxyl groups is 1. The number of nitrogens with one attached hydrogen (secondary N) is 1. The van der Waals surface area contributed by atoms with Gasteiger partial charge < -0.3 is 10.1 Å². The van der Waals surface area contributed by atoms with Crippen molar-refractivity contribution in [2.45, 2.75) is 0 Å². The molecule has 20 heavy (non-hydrogen) atoms. The smallest absolute Gasteiger partial charge is 0.218 e. The number of aromatic amines is 1. The second-order valence-electron chi connectivity index (χ2n) is 4.12. The van der Waals surface area contributed by atoms with E-state index in [1.807, 2.05) is 6.07 Å². The predicted molar refractivity (Wildman–Crippen MR) is 80.4 cm³/mol. The topological polar surface area (TPSA) is 66.0 Å². The third kappa shape index (κ3) is 2.33. The minimum atomic E-state index is -0.325. The van der Waals surface area contributed by atoms with Gasteiger partial charge in [0, 0.05) is 45.3 Å². The number of carbonyl (C=O) groups is 1. The van der Waals surface area contributed by atoms with E-state index in [4.69, 9.17) is 11.6 Å². The van der Waals surface area contributed by atoms with E-state index in [0.717, 1.165) is 10.9 Å². The van der Waals surface area contributed by atoms with Gasteiger partial charge >= 0.3 is 0 Å². The van der Waals surface area contributed by atoms with Crippen LogP contribution in [0.3, 0.4) is 0 Å². The lowest BCUT2D eigenvalue weighted by atomic mass is 10.1. The Morgan fingerprint density at radius 3 is 3.05 bits per heavy atom. The molecule has 3 rings (SSSR count). The fourth-order valence-corrected chi connectivity index (χ4v) is 2.63. The molecule has 0 bridgehead atoms. The predicted octanol–water partition coefficient (Wildman–Crippen LogP) is 4.06. The lowest BCUT2D eigenvalue weighted by Crippen LogP contribution is -1.95. The molecular formula is C14H9ClN2O2S. The summed E-state index contributed by atoms with van der Waals surface area (Å²) in [5.41, 5.74) is 1.37. The highest BCUT2D eigenvalue weighted by molar-refractivity contribution is 7.11. The van der Waals surface area contributed by atoms with Crippen molar-refractivity contribution in [1.82, 2.24) is 9.97 Å². The first-order valence-electron chi connectivity index (χ1n) is 5.76. The molecule has 0 aliphatic rings. The highest BCUT2D eigenvalue weighted by Crippen LogP contribution is 2.26. The average molecular weight is 305 g/mol. The van der Waals surface area contributed by atoms with Crippen LogP contribution in [-0.2, 0) is 0 Å². The first kappa shape index (κ1) is 12.9. The fraction of sp³-hybridized carbons (Fsp3) is 0.